The van der Waals surface area contributed by atoms with Gasteiger partial charge in [0.05, 0.1) is 0 Å². The first-order valence-electron chi connectivity index (χ1n) is 8.81. The van der Waals surface area contributed by atoms with Gasteiger partial charge in [-0.15, -0.1) is 12.4 Å². The fraction of sp³-hybridized carbons (Fsp3) is 0.381. The maximum Gasteiger partial charge on any atom is 0.244 e. The van der Waals surface area contributed by atoms with E-state index in [9.17, 15) is 4.79 Å². The van der Waals surface area contributed by atoms with Gasteiger partial charge in [-0.2, -0.15) is 0 Å². The van der Waals surface area contributed by atoms with Crippen LogP contribution in [0.5, 0.6) is 0 Å². The Hall–Kier alpha value is -1.88. The number of rotatable bonds is 5. The summed E-state index contributed by atoms with van der Waals surface area (Å²) in [6, 6.07) is 19.9. The van der Waals surface area contributed by atoms with Crippen LogP contribution in [-0.4, -0.2) is 25.7 Å². The molecule has 140 valence electrons. The Morgan fingerprint density at radius 2 is 1.62 bits per heavy atom. The van der Waals surface area contributed by atoms with E-state index in [1.807, 2.05) is 48.5 Å². The molecule has 0 aromatic heterocycles. The number of ether oxygens (including phenoxy) is 1. The molecule has 1 amide bonds. The summed E-state index contributed by atoms with van der Waals surface area (Å²) in [5.41, 5.74) is 7.26. The third-order valence-corrected chi connectivity index (χ3v) is 5.27. The van der Waals surface area contributed by atoms with Crippen LogP contribution in [0.4, 0.5) is 0 Å². The van der Waals surface area contributed by atoms with Crippen LogP contribution in [0.25, 0.3) is 0 Å². The van der Waals surface area contributed by atoms with E-state index in [2.05, 4.69) is 17.4 Å². The van der Waals surface area contributed by atoms with Crippen molar-refractivity contribution in [2.45, 2.75) is 30.7 Å². The molecule has 4 nitrogen and oxygen atoms in total. The van der Waals surface area contributed by atoms with Crippen molar-refractivity contribution in [3.8, 4) is 0 Å². The summed E-state index contributed by atoms with van der Waals surface area (Å²) in [5.74, 6) is -0.152. The first-order chi connectivity index (χ1) is 12.0. The molecule has 1 aliphatic rings. The summed E-state index contributed by atoms with van der Waals surface area (Å²) in [7, 11) is 0. The van der Waals surface area contributed by atoms with Crippen LogP contribution in [0.1, 0.15) is 30.9 Å². The van der Waals surface area contributed by atoms with E-state index in [1.54, 1.807) is 6.92 Å². The number of carbonyl (C=O) groups is 1. The van der Waals surface area contributed by atoms with Gasteiger partial charge in [-0.3, -0.25) is 4.79 Å². The Bertz CT molecular complexity index is 698. The minimum Gasteiger partial charge on any atom is -0.381 e. The summed E-state index contributed by atoms with van der Waals surface area (Å²) in [4.78, 5) is 12.8. The molecule has 3 rings (SSSR count). The Labute approximate surface area is 161 Å². The molecule has 5 heteroatoms. The minimum absolute atomic E-state index is 0. The number of hydrogen-bond donors (Lipinski definition) is 2. The van der Waals surface area contributed by atoms with Crippen molar-refractivity contribution in [3.63, 3.8) is 0 Å². The molecule has 1 saturated heterocycles. The molecular weight excluding hydrogens is 348 g/mol. The van der Waals surface area contributed by atoms with Crippen LogP contribution < -0.4 is 11.1 Å². The largest absolute Gasteiger partial charge is 0.381 e. The number of nitrogens with two attached hydrogens (primary N) is 1. The zero-order chi connectivity index (χ0) is 17.8. The summed E-state index contributed by atoms with van der Waals surface area (Å²) in [5, 5.41) is 3.11. The highest BCUT2D eigenvalue weighted by Crippen LogP contribution is 2.34. The van der Waals surface area contributed by atoms with Gasteiger partial charge < -0.3 is 15.8 Å². The first-order valence-corrected chi connectivity index (χ1v) is 8.81. The lowest BCUT2D eigenvalue weighted by Gasteiger charge is -2.38. The predicted octanol–water partition coefficient (Wildman–Crippen LogP) is 3.15. The number of carbonyl (C=O) groups excluding carboxylic acids is 1. The van der Waals surface area contributed by atoms with E-state index in [0.717, 1.165) is 18.4 Å². The van der Waals surface area contributed by atoms with Crippen LogP contribution in [0.2, 0.25) is 0 Å². The third-order valence-electron chi connectivity index (χ3n) is 5.27. The molecule has 1 aliphatic heterocycles. The SMILES string of the molecule is CC(N)(C(=O)NCC1(c2ccccc2)CCOCC1)c1ccccc1.Cl. The topological polar surface area (TPSA) is 64.4 Å². The molecule has 3 N–H and O–H groups in total. The van der Waals surface area contributed by atoms with Crippen molar-refractivity contribution in [2.24, 2.45) is 5.73 Å². The van der Waals surface area contributed by atoms with Crippen molar-refractivity contribution >= 4 is 18.3 Å². The molecule has 1 heterocycles. The number of halogens is 1. The smallest absolute Gasteiger partial charge is 0.244 e. The van der Waals surface area contributed by atoms with Gasteiger partial charge >= 0.3 is 0 Å². The summed E-state index contributed by atoms with van der Waals surface area (Å²) >= 11 is 0. The van der Waals surface area contributed by atoms with Gasteiger partial charge in [-0.1, -0.05) is 60.7 Å². The summed E-state index contributed by atoms with van der Waals surface area (Å²) in [6.45, 7) is 3.75. The van der Waals surface area contributed by atoms with E-state index in [1.165, 1.54) is 5.56 Å². The molecule has 0 aliphatic carbocycles. The van der Waals surface area contributed by atoms with Crippen LogP contribution in [-0.2, 0) is 20.5 Å². The van der Waals surface area contributed by atoms with Crippen LogP contribution >= 0.6 is 12.4 Å². The lowest BCUT2D eigenvalue weighted by molar-refractivity contribution is -0.126. The monoisotopic (exact) mass is 374 g/mol. The van der Waals surface area contributed by atoms with Gasteiger partial charge in [0.15, 0.2) is 0 Å². The highest BCUT2D eigenvalue weighted by molar-refractivity contribution is 5.87. The molecule has 1 atom stereocenters. The molecule has 2 aromatic carbocycles. The standard InChI is InChI=1S/C21H26N2O2.ClH/c1-20(22,17-8-4-2-5-9-17)19(24)23-16-21(12-14-25-15-13-21)18-10-6-3-7-11-18;/h2-11H,12-16,22H2,1H3,(H,23,24);1H. The van der Waals surface area contributed by atoms with E-state index in [0.29, 0.717) is 19.8 Å². The number of amides is 1. The Morgan fingerprint density at radius 3 is 2.19 bits per heavy atom. The average molecular weight is 375 g/mol. The second-order valence-electron chi connectivity index (χ2n) is 7.01. The molecule has 0 bridgehead atoms. The Morgan fingerprint density at radius 1 is 1.08 bits per heavy atom. The molecule has 0 radical (unpaired) electrons. The number of nitrogens with one attached hydrogen (secondary N) is 1. The lowest BCUT2D eigenvalue weighted by atomic mass is 9.74. The highest BCUT2D eigenvalue weighted by atomic mass is 35.5. The molecule has 1 unspecified atom stereocenters. The average Bonchev–Trinajstić information content (AvgIpc) is 2.68. The summed E-state index contributed by atoms with van der Waals surface area (Å²) < 4.78 is 5.55. The van der Waals surface area contributed by atoms with Gasteiger partial charge in [0.1, 0.15) is 5.54 Å². The molecule has 0 saturated carbocycles. The van der Waals surface area contributed by atoms with E-state index in [4.69, 9.17) is 10.5 Å². The second-order valence-corrected chi connectivity index (χ2v) is 7.01. The van der Waals surface area contributed by atoms with Crippen molar-refractivity contribution in [1.82, 2.24) is 5.32 Å². The van der Waals surface area contributed by atoms with Gasteiger partial charge in [0.25, 0.3) is 0 Å². The third kappa shape index (κ3) is 4.26. The van der Waals surface area contributed by atoms with Gasteiger partial charge in [0.2, 0.25) is 5.91 Å². The van der Waals surface area contributed by atoms with Gasteiger partial charge in [-0.05, 0) is 30.9 Å². The van der Waals surface area contributed by atoms with E-state index in [-0.39, 0.29) is 23.7 Å². The second kappa shape index (κ2) is 8.67. The zero-order valence-corrected chi connectivity index (χ0v) is 15.9. The highest BCUT2D eigenvalue weighted by Gasteiger charge is 2.37. The molecule has 26 heavy (non-hydrogen) atoms. The maximum absolute atomic E-state index is 12.8. The fourth-order valence-corrected chi connectivity index (χ4v) is 3.47. The molecule has 0 spiro atoms. The number of benzene rings is 2. The quantitative estimate of drug-likeness (QED) is 0.845. The Kier molecular flexibility index (Phi) is 6.81. The minimum atomic E-state index is -1.05. The summed E-state index contributed by atoms with van der Waals surface area (Å²) in [6.07, 6.45) is 1.79. The molecule has 2 aromatic rings. The van der Waals surface area contributed by atoms with Crippen LogP contribution in [0, 0.1) is 0 Å². The van der Waals surface area contributed by atoms with Gasteiger partial charge in [0, 0.05) is 25.2 Å². The van der Waals surface area contributed by atoms with E-state index >= 15 is 0 Å². The van der Waals surface area contributed by atoms with Crippen molar-refractivity contribution in [1.29, 1.82) is 0 Å². The molecular formula is C21H27ClN2O2. The van der Waals surface area contributed by atoms with Gasteiger partial charge in [-0.25, -0.2) is 0 Å². The normalized spacial score (nSPS) is 18.2. The first kappa shape index (κ1) is 20.4. The fourth-order valence-electron chi connectivity index (χ4n) is 3.47. The van der Waals surface area contributed by atoms with Crippen molar-refractivity contribution < 1.29 is 9.53 Å². The Balaban J connectivity index is 0.00000243. The van der Waals surface area contributed by atoms with Crippen molar-refractivity contribution in [2.75, 3.05) is 19.8 Å². The van der Waals surface area contributed by atoms with Crippen LogP contribution in [0.3, 0.4) is 0 Å². The zero-order valence-electron chi connectivity index (χ0n) is 15.1. The van der Waals surface area contributed by atoms with Crippen molar-refractivity contribution in [3.05, 3.63) is 71.8 Å². The molecule has 1 fully saturated rings. The lowest BCUT2D eigenvalue weighted by Crippen LogP contribution is -2.53. The van der Waals surface area contributed by atoms with E-state index < -0.39 is 5.54 Å². The maximum atomic E-state index is 12.8. The van der Waals surface area contributed by atoms with Crippen LogP contribution in [0.15, 0.2) is 60.7 Å². The number of hydrogen-bond acceptors (Lipinski definition) is 3. The predicted molar refractivity (Wildman–Crippen MR) is 106 cm³/mol.